The molecule has 1 aliphatic rings. The van der Waals surface area contributed by atoms with Gasteiger partial charge in [-0.2, -0.15) is 0 Å². The van der Waals surface area contributed by atoms with E-state index in [0.717, 1.165) is 5.92 Å². The number of hydrogen-bond acceptors (Lipinski definition) is 1. The van der Waals surface area contributed by atoms with Gasteiger partial charge >= 0.3 is 0 Å². The lowest BCUT2D eigenvalue weighted by Gasteiger charge is -2.19. The highest BCUT2D eigenvalue weighted by Gasteiger charge is 2.51. The van der Waals surface area contributed by atoms with Crippen LogP contribution in [-0.4, -0.2) is 13.1 Å². The molecular formula is C9H19N. The molecule has 10 heavy (non-hydrogen) atoms. The molecule has 3 atom stereocenters. The summed E-state index contributed by atoms with van der Waals surface area (Å²) in [5.41, 5.74) is 0.615. The normalized spacial score (nSPS) is 41.4. The van der Waals surface area contributed by atoms with E-state index in [1.54, 1.807) is 0 Å². The molecule has 1 heteroatoms. The van der Waals surface area contributed by atoms with Gasteiger partial charge < -0.3 is 5.32 Å². The first kappa shape index (κ1) is 8.06. The van der Waals surface area contributed by atoms with Crippen LogP contribution in [0, 0.1) is 11.3 Å². The molecular weight excluding hydrogens is 122 g/mol. The smallest absolute Gasteiger partial charge is 0.00923 e. The highest BCUT2D eigenvalue weighted by molar-refractivity contribution is 5.03. The molecule has 1 rings (SSSR count). The minimum Gasteiger partial charge on any atom is -0.317 e. The maximum atomic E-state index is 3.33. The molecule has 0 aromatic rings. The number of rotatable bonds is 3. The fourth-order valence-electron chi connectivity index (χ4n) is 1.94. The van der Waals surface area contributed by atoms with Crippen molar-refractivity contribution < 1.29 is 0 Å². The summed E-state index contributed by atoms with van der Waals surface area (Å²) in [4.78, 5) is 0. The highest BCUT2D eigenvalue weighted by Crippen LogP contribution is 2.56. The fraction of sp³-hybridized carbons (Fsp3) is 1.00. The van der Waals surface area contributed by atoms with Gasteiger partial charge in [0.25, 0.3) is 0 Å². The Balaban J connectivity index is 2.42. The van der Waals surface area contributed by atoms with E-state index in [1.807, 2.05) is 0 Å². The minimum absolute atomic E-state index is 0.615. The summed E-state index contributed by atoms with van der Waals surface area (Å²) in [5, 5.41) is 3.33. The molecule has 0 bridgehead atoms. The van der Waals surface area contributed by atoms with Crippen molar-refractivity contribution in [1.82, 2.24) is 5.32 Å². The molecule has 0 saturated heterocycles. The second kappa shape index (κ2) is 2.54. The van der Waals surface area contributed by atoms with Crippen LogP contribution in [0.3, 0.4) is 0 Å². The summed E-state index contributed by atoms with van der Waals surface area (Å²) in [6.07, 6.45) is 2.77. The zero-order chi connectivity index (χ0) is 7.78. The highest BCUT2D eigenvalue weighted by atomic mass is 14.9. The molecule has 1 nitrogen and oxygen atoms in total. The van der Waals surface area contributed by atoms with Gasteiger partial charge in [0.15, 0.2) is 0 Å². The predicted octanol–water partition coefficient (Wildman–Crippen LogP) is 2.03. The van der Waals surface area contributed by atoms with Gasteiger partial charge in [0.2, 0.25) is 0 Å². The topological polar surface area (TPSA) is 12.0 Å². The first-order chi connectivity index (χ1) is 4.65. The third-order valence-electron chi connectivity index (χ3n) is 3.37. The Kier molecular flexibility index (Phi) is 2.04. The van der Waals surface area contributed by atoms with Crippen LogP contribution < -0.4 is 5.32 Å². The van der Waals surface area contributed by atoms with Crippen molar-refractivity contribution in [1.29, 1.82) is 0 Å². The summed E-state index contributed by atoms with van der Waals surface area (Å²) < 4.78 is 0. The summed E-state index contributed by atoms with van der Waals surface area (Å²) in [6, 6.07) is 0.692. The zero-order valence-corrected chi connectivity index (χ0v) is 7.57. The van der Waals surface area contributed by atoms with Crippen molar-refractivity contribution in [2.45, 2.75) is 39.7 Å². The third kappa shape index (κ3) is 1.07. The molecule has 0 spiro atoms. The number of nitrogens with one attached hydrogen (secondary N) is 1. The Morgan fingerprint density at radius 2 is 2.30 bits per heavy atom. The van der Waals surface area contributed by atoms with Crippen molar-refractivity contribution in [2.24, 2.45) is 11.3 Å². The van der Waals surface area contributed by atoms with Crippen molar-refractivity contribution in [3.05, 3.63) is 0 Å². The lowest BCUT2D eigenvalue weighted by molar-refractivity contribution is 0.367. The quantitative estimate of drug-likeness (QED) is 0.634. The van der Waals surface area contributed by atoms with Crippen molar-refractivity contribution in [3.63, 3.8) is 0 Å². The fourth-order valence-corrected chi connectivity index (χ4v) is 1.94. The molecule has 0 amide bonds. The van der Waals surface area contributed by atoms with Crippen LogP contribution in [0.15, 0.2) is 0 Å². The van der Waals surface area contributed by atoms with Crippen molar-refractivity contribution in [3.8, 4) is 0 Å². The maximum absolute atomic E-state index is 3.33. The Morgan fingerprint density at radius 3 is 2.60 bits per heavy atom. The molecule has 0 aliphatic heterocycles. The van der Waals surface area contributed by atoms with Crippen LogP contribution in [0.4, 0.5) is 0 Å². The van der Waals surface area contributed by atoms with Crippen molar-refractivity contribution in [2.75, 3.05) is 7.05 Å². The summed E-state index contributed by atoms with van der Waals surface area (Å²) in [6.45, 7) is 6.97. The molecule has 1 fully saturated rings. The molecule has 1 N–H and O–H groups in total. The molecule has 0 aromatic heterocycles. The van der Waals surface area contributed by atoms with E-state index in [1.165, 1.54) is 12.8 Å². The Labute approximate surface area is 64.2 Å². The van der Waals surface area contributed by atoms with Gasteiger partial charge in [0.1, 0.15) is 0 Å². The Morgan fingerprint density at radius 1 is 1.70 bits per heavy atom. The standard InChI is InChI=1S/C9H19N/c1-5-8-6-9(8,3)7(2)10-4/h7-8,10H,5-6H2,1-4H3. The molecule has 1 aliphatic carbocycles. The van der Waals surface area contributed by atoms with Crippen LogP contribution in [0.1, 0.15) is 33.6 Å². The van der Waals surface area contributed by atoms with Gasteiger partial charge in [-0.05, 0) is 31.7 Å². The zero-order valence-electron chi connectivity index (χ0n) is 7.57. The van der Waals surface area contributed by atoms with Crippen LogP contribution in [0.2, 0.25) is 0 Å². The predicted molar refractivity (Wildman–Crippen MR) is 45.0 cm³/mol. The molecule has 0 aromatic carbocycles. The van der Waals surface area contributed by atoms with E-state index < -0.39 is 0 Å². The van der Waals surface area contributed by atoms with E-state index in [2.05, 4.69) is 33.1 Å². The third-order valence-corrected chi connectivity index (χ3v) is 3.37. The average molecular weight is 141 g/mol. The summed E-state index contributed by atoms with van der Waals surface area (Å²) in [7, 11) is 2.06. The van der Waals surface area contributed by atoms with Gasteiger partial charge in [0.05, 0.1) is 0 Å². The lowest BCUT2D eigenvalue weighted by atomic mass is 9.97. The summed E-state index contributed by atoms with van der Waals surface area (Å²) >= 11 is 0. The molecule has 3 unspecified atom stereocenters. The number of hydrogen-bond donors (Lipinski definition) is 1. The molecule has 60 valence electrons. The second-order valence-corrected chi connectivity index (χ2v) is 3.83. The van der Waals surface area contributed by atoms with Gasteiger partial charge in [-0.1, -0.05) is 20.3 Å². The monoisotopic (exact) mass is 141 g/mol. The van der Waals surface area contributed by atoms with E-state index >= 15 is 0 Å². The first-order valence-electron chi connectivity index (χ1n) is 4.32. The van der Waals surface area contributed by atoms with Crippen LogP contribution in [-0.2, 0) is 0 Å². The van der Waals surface area contributed by atoms with Crippen LogP contribution >= 0.6 is 0 Å². The van der Waals surface area contributed by atoms with E-state index in [9.17, 15) is 0 Å². The Bertz CT molecular complexity index is 122. The largest absolute Gasteiger partial charge is 0.317 e. The SMILES string of the molecule is CCC1CC1(C)C(C)NC. The molecule has 1 saturated carbocycles. The summed E-state index contributed by atoms with van der Waals surface area (Å²) in [5.74, 6) is 0.981. The first-order valence-corrected chi connectivity index (χ1v) is 4.32. The van der Waals surface area contributed by atoms with Gasteiger partial charge in [-0.25, -0.2) is 0 Å². The lowest BCUT2D eigenvalue weighted by Crippen LogP contribution is -2.31. The van der Waals surface area contributed by atoms with Gasteiger partial charge in [-0.3, -0.25) is 0 Å². The Hall–Kier alpha value is -0.0400. The van der Waals surface area contributed by atoms with E-state index in [0.29, 0.717) is 11.5 Å². The van der Waals surface area contributed by atoms with Gasteiger partial charge in [0, 0.05) is 6.04 Å². The maximum Gasteiger partial charge on any atom is 0.00923 e. The van der Waals surface area contributed by atoms with E-state index in [4.69, 9.17) is 0 Å². The molecule has 0 radical (unpaired) electrons. The minimum atomic E-state index is 0.615. The van der Waals surface area contributed by atoms with Gasteiger partial charge in [-0.15, -0.1) is 0 Å². The van der Waals surface area contributed by atoms with E-state index in [-0.39, 0.29) is 0 Å². The van der Waals surface area contributed by atoms with Crippen LogP contribution in [0.5, 0.6) is 0 Å². The molecule has 0 heterocycles. The van der Waals surface area contributed by atoms with Crippen molar-refractivity contribution >= 4 is 0 Å². The van der Waals surface area contributed by atoms with Crippen LogP contribution in [0.25, 0.3) is 0 Å². The second-order valence-electron chi connectivity index (χ2n) is 3.83. The average Bonchev–Trinajstić information content (AvgIpc) is 2.61.